The van der Waals surface area contributed by atoms with Crippen molar-refractivity contribution < 1.29 is 22.3 Å². The fourth-order valence-electron chi connectivity index (χ4n) is 3.70. The summed E-state index contributed by atoms with van der Waals surface area (Å²) in [6, 6.07) is 8.98. The van der Waals surface area contributed by atoms with Crippen molar-refractivity contribution >= 4 is 27.7 Å². The lowest BCUT2D eigenvalue weighted by atomic mass is 10.0. The predicted octanol–water partition coefficient (Wildman–Crippen LogP) is 3.12. The molecule has 0 spiro atoms. The third-order valence-corrected chi connectivity index (χ3v) is 8.52. The predicted molar refractivity (Wildman–Crippen MR) is 113 cm³/mol. The van der Waals surface area contributed by atoms with Gasteiger partial charge in [0.15, 0.2) is 0 Å². The van der Waals surface area contributed by atoms with Crippen molar-refractivity contribution in [3.63, 3.8) is 0 Å². The summed E-state index contributed by atoms with van der Waals surface area (Å²) in [6.45, 7) is 3.01. The van der Waals surface area contributed by atoms with Crippen LogP contribution in [-0.4, -0.2) is 50.7 Å². The molecule has 2 aliphatic heterocycles. The molecule has 0 aromatic heterocycles. The summed E-state index contributed by atoms with van der Waals surface area (Å²) in [5.74, 6) is 0.0963. The van der Waals surface area contributed by atoms with Gasteiger partial charge in [-0.3, -0.25) is 4.79 Å². The van der Waals surface area contributed by atoms with E-state index in [1.165, 1.54) is 22.5 Å². The number of rotatable bonds is 4. The number of halogens is 1. The zero-order valence-electron chi connectivity index (χ0n) is 16.6. The Labute approximate surface area is 179 Å². The summed E-state index contributed by atoms with van der Waals surface area (Å²) in [5.41, 5.74) is 1.61. The van der Waals surface area contributed by atoms with Crippen LogP contribution in [0.5, 0.6) is 0 Å². The molecule has 4 rings (SSSR count). The first-order valence-electron chi connectivity index (χ1n) is 9.78. The van der Waals surface area contributed by atoms with E-state index < -0.39 is 10.0 Å². The molecule has 1 saturated heterocycles. The fraction of sp³-hybridized carbons (Fsp3) is 0.381. The number of nitrogens with one attached hydrogen (secondary N) is 1. The van der Waals surface area contributed by atoms with Crippen molar-refractivity contribution in [2.75, 3.05) is 32.1 Å². The van der Waals surface area contributed by atoms with Crippen LogP contribution in [0, 0.1) is 12.7 Å². The van der Waals surface area contributed by atoms with E-state index in [9.17, 15) is 17.6 Å². The molecule has 0 saturated carbocycles. The average Bonchev–Trinajstić information content (AvgIpc) is 2.75. The molecule has 1 fully saturated rings. The Morgan fingerprint density at radius 2 is 1.97 bits per heavy atom. The molecule has 1 unspecified atom stereocenters. The molecule has 6 nitrogen and oxygen atoms in total. The number of thioether (sulfide) groups is 1. The molecule has 1 atom stereocenters. The molecule has 160 valence electrons. The van der Waals surface area contributed by atoms with Crippen molar-refractivity contribution in [3.05, 3.63) is 58.9 Å². The summed E-state index contributed by atoms with van der Waals surface area (Å²) in [5, 5.41) is 2.95. The zero-order chi connectivity index (χ0) is 21.3. The van der Waals surface area contributed by atoms with Gasteiger partial charge in [-0.2, -0.15) is 4.31 Å². The van der Waals surface area contributed by atoms with Crippen molar-refractivity contribution in [2.24, 2.45) is 0 Å². The number of morpholine rings is 1. The summed E-state index contributed by atoms with van der Waals surface area (Å²) in [6.07, 6.45) is 0.678. The van der Waals surface area contributed by atoms with Gasteiger partial charge in [-0.15, -0.1) is 11.8 Å². The Bertz CT molecular complexity index is 1070. The molecular formula is C21H23FN2O4S2. The van der Waals surface area contributed by atoms with Crippen LogP contribution in [0.1, 0.15) is 33.9 Å². The quantitative estimate of drug-likeness (QED) is 0.775. The SMILES string of the molecule is Cc1ccc(C(=O)NC2CCSc3ccc(F)cc32)cc1S(=O)(=O)N1CCOCC1. The molecule has 9 heteroatoms. The second kappa shape index (κ2) is 8.66. The van der Waals surface area contributed by atoms with E-state index in [0.29, 0.717) is 38.3 Å². The van der Waals surface area contributed by atoms with E-state index in [0.717, 1.165) is 16.2 Å². The van der Waals surface area contributed by atoms with Crippen LogP contribution in [0.25, 0.3) is 0 Å². The van der Waals surface area contributed by atoms with Gasteiger partial charge in [-0.25, -0.2) is 12.8 Å². The molecule has 2 aromatic carbocycles. The Balaban J connectivity index is 1.59. The van der Waals surface area contributed by atoms with Crippen molar-refractivity contribution in [3.8, 4) is 0 Å². The standard InChI is InChI=1S/C21H23FN2O4S2/c1-14-2-3-15(12-20(14)30(26,27)24-7-9-28-10-8-24)21(25)23-18-6-11-29-19-5-4-16(22)13-17(18)19/h2-5,12-13,18H,6-11H2,1H3,(H,23,25). The number of carbonyl (C=O) groups is 1. The van der Waals surface area contributed by atoms with Gasteiger partial charge in [-0.1, -0.05) is 6.07 Å². The van der Waals surface area contributed by atoms with Gasteiger partial charge < -0.3 is 10.1 Å². The first-order chi connectivity index (χ1) is 14.4. The molecule has 2 heterocycles. The number of hydrogen-bond acceptors (Lipinski definition) is 5. The summed E-state index contributed by atoms with van der Waals surface area (Å²) in [7, 11) is -3.72. The number of amides is 1. The number of benzene rings is 2. The second-order valence-electron chi connectivity index (χ2n) is 7.34. The number of aryl methyl sites for hydroxylation is 1. The zero-order valence-corrected chi connectivity index (χ0v) is 18.2. The maximum absolute atomic E-state index is 13.7. The highest BCUT2D eigenvalue weighted by Crippen LogP contribution is 2.36. The van der Waals surface area contributed by atoms with Gasteiger partial charge in [0, 0.05) is 29.3 Å². The Kier molecular flexibility index (Phi) is 6.15. The van der Waals surface area contributed by atoms with Gasteiger partial charge in [0.05, 0.1) is 24.2 Å². The maximum atomic E-state index is 13.7. The molecule has 1 N–H and O–H groups in total. The third kappa shape index (κ3) is 4.25. The van der Waals surface area contributed by atoms with E-state index in [1.54, 1.807) is 36.9 Å². The molecular weight excluding hydrogens is 427 g/mol. The third-order valence-electron chi connectivity index (χ3n) is 5.35. The van der Waals surface area contributed by atoms with Crippen molar-refractivity contribution in [1.82, 2.24) is 9.62 Å². The summed E-state index contributed by atoms with van der Waals surface area (Å²) < 4.78 is 46.5. The topological polar surface area (TPSA) is 75.7 Å². The molecule has 2 aliphatic rings. The fourth-order valence-corrected chi connectivity index (χ4v) is 6.47. The molecule has 0 aliphatic carbocycles. The highest BCUT2D eigenvalue weighted by molar-refractivity contribution is 7.99. The van der Waals surface area contributed by atoms with Crippen LogP contribution >= 0.6 is 11.8 Å². The monoisotopic (exact) mass is 450 g/mol. The lowest BCUT2D eigenvalue weighted by Crippen LogP contribution is -2.41. The smallest absolute Gasteiger partial charge is 0.251 e. The Hall–Kier alpha value is -1.94. The van der Waals surface area contributed by atoms with Crippen LogP contribution in [0.3, 0.4) is 0 Å². The second-order valence-corrected chi connectivity index (χ2v) is 10.4. The molecule has 1 amide bonds. The largest absolute Gasteiger partial charge is 0.379 e. The minimum atomic E-state index is -3.72. The van der Waals surface area contributed by atoms with Crippen LogP contribution in [0.2, 0.25) is 0 Å². The van der Waals surface area contributed by atoms with E-state index in [-0.39, 0.29) is 28.2 Å². The number of nitrogens with zero attached hydrogens (tertiary/aromatic N) is 1. The van der Waals surface area contributed by atoms with E-state index >= 15 is 0 Å². The van der Waals surface area contributed by atoms with E-state index in [4.69, 9.17) is 4.74 Å². The molecule has 30 heavy (non-hydrogen) atoms. The first-order valence-corrected chi connectivity index (χ1v) is 12.2. The lowest BCUT2D eigenvalue weighted by Gasteiger charge is -2.27. The minimum absolute atomic E-state index is 0.127. The highest BCUT2D eigenvalue weighted by atomic mass is 32.2. The van der Waals surface area contributed by atoms with Crippen molar-refractivity contribution in [1.29, 1.82) is 0 Å². The van der Waals surface area contributed by atoms with Crippen LogP contribution in [0.15, 0.2) is 46.2 Å². The van der Waals surface area contributed by atoms with Gasteiger partial charge in [-0.05, 0) is 54.8 Å². The number of ether oxygens (including phenoxy) is 1. The number of fused-ring (bicyclic) bond motifs is 1. The van der Waals surface area contributed by atoms with Gasteiger partial charge >= 0.3 is 0 Å². The van der Waals surface area contributed by atoms with E-state index in [2.05, 4.69) is 5.32 Å². The van der Waals surface area contributed by atoms with Crippen LogP contribution < -0.4 is 5.32 Å². The number of sulfonamides is 1. The average molecular weight is 451 g/mol. The van der Waals surface area contributed by atoms with Crippen LogP contribution in [0.4, 0.5) is 4.39 Å². The van der Waals surface area contributed by atoms with Gasteiger partial charge in [0.2, 0.25) is 10.0 Å². The Morgan fingerprint density at radius 1 is 1.20 bits per heavy atom. The minimum Gasteiger partial charge on any atom is -0.379 e. The molecule has 0 radical (unpaired) electrons. The summed E-state index contributed by atoms with van der Waals surface area (Å²) >= 11 is 1.63. The number of carbonyl (C=O) groups excluding carboxylic acids is 1. The first kappa shape index (κ1) is 21.3. The molecule has 2 aromatic rings. The Morgan fingerprint density at radius 3 is 2.73 bits per heavy atom. The van der Waals surface area contributed by atoms with E-state index in [1.807, 2.05) is 0 Å². The van der Waals surface area contributed by atoms with Gasteiger partial charge in [0.25, 0.3) is 5.91 Å². The summed E-state index contributed by atoms with van der Waals surface area (Å²) in [4.78, 5) is 14.0. The highest BCUT2D eigenvalue weighted by Gasteiger charge is 2.29. The molecule has 0 bridgehead atoms. The maximum Gasteiger partial charge on any atom is 0.251 e. The van der Waals surface area contributed by atoms with Gasteiger partial charge in [0.1, 0.15) is 5.82 Å². The lowest BCUT2D eigenvalue weighted by molar-refractivity contribution is 0.0730. The number of hydrogen-bond donors (Lipinski definition) is 1. The normalized spacial score (nSPS) is 19.9. The van der Waals surface area contributed by atoms with Crippen LogP contribution in [-0.2, 0) is 14.8 Å². The van der Waals surface area contributed by atoms with Crippen molar-refractivity contribution in [2.45, 2.75) is 29.2 Å².